The highest BCUT2D eigenvalue weighted by atomic mass is 19.3. The zero-order chi connectivity index (χ0) is 14.5. The van der Waals surface area contributed by atoms with E-state index in [0.717, 1.165) is 19.3 Å². The van der Waals surface area contributed by atoms with Crippen molar-refractivity contribution in [3.8, 4) is 0 Å². The summed E-state index contributed by atoms with van der Waals surface area (Å²) in [6, 6.07) is 7.44. The molecule has 1 nitrogen and oxygen atoms in total. The molecule has 0 aliphatic heterocycles. The predicted octanol–water partition coefficient (Wildman–Crippen LogP) is 4.53. The Bertz CT molecular complexity index is 373. The van der Waals surface area contributed by atoms with Gasteiger partial charge in [0.1, 0.15) is 0 Å². The van der Waals surface area contributed by atoms with E-state index in [0.29, 0.717) is 5.56 Å². The highest BCUT2D eigenvalue weighted by Crippen LogP contribution is 2.35. The Morgan fingerprint density at radius 3 is 2.16 bits per heavy atom. The van der Waals surface area contributed by atoms with Gasteiger partial charge in [-0.3, -0.25) is 0 Å². The second kappa shape index (κ2) is 6.99. The summed E-state index contributed by atoms with van der Waals surface area (Å²) in [5.74, 6) is -0.247. The van der Waals surface area contributed by atoms with Gasteiger partial charge in [-0.1, -0.05) is 51.5 Å². The second-order valence-corrected chi connectivity index (χ2v) is 5.47. The van der Waals surface area contributed by atoms with Gasteiger partial charge in [0.25, 0.3) is 0 Å². The van der Waals surface area contributed by atoms with E-state index in [1.807, 2.05) is 12.1 Å². The molecule has 1 atom stereocenters. The zero-order valence-electron chi connectivity index (χ0n) is 12.0. The quantitative estimate of drug-likeness (QED) is 0.772. The van der Waals surface area contributed by atoms with Gasteiger partial charge >= 0.3 is 0 Å². The van der Waals surface area contributed by atoms with Crippen molar-refractivity contribution < 1.29 is 13.9 Å². The Hall–Kier alpha value is -0.960. The van der Waals surface area contributed by atoms with Crippen molar-refractivity contribution in [2.75, 3.05) is 0 Å². The summed E-state index contributed by atoms with van der Waals surface area (Å²) in [4.78, 5) is 0. The van der Waals surface area contributed by atoms with Gasteiger partial charge in [-0.15, -0.1) is 0 Å². The lowest BCUT2D eigenvalue weighted by atomic mass is 9.80. The van der Waals surface area contributed by atoms with Crippen LogP contribution in [0.4, 0.5) is 8.78 Å². The highest BCUT2D eigenvalue weighted by molar-refractivity contribution is 5.28. The van der Waals surface area contributed by atoms with Crippen LogP contribution in [0.25, 0.3) is 0 Å². The van der Waals surface area contributed by atoms with Gasteiger partial charge in [-0.25, -0.2) is 8.78 Å². The third-order valence-electron chi connectivity index (χ3n) is 3.69. The van der Waals surface area contributed by atoms with Crippen LogP contribution < -0.4 is 0 Å². The molecule has 0 amide bonds. The number of aliphatic hydroxyl groups is 1. The van der Waals surface area contributed by atoms with Crippen LogP contribution in [0.2, 0.25) is 0 Å². The molecule has 3 heteroatoms. The summed E-state index contributed by atoms with van der Waals surface area (Å²) in [5.41, 5.74) is 0.328. The van der Waals surface area contributed by atoms with Crippen LogP contribution in [0, 0.1) is 5.92 Å². The first-order valence-electron chi connectivity index (χ1n) is 7.00. The van der Waals surface area contributed by atoms with Crippen molar-refractivity contribution in [3.05, 3.63) is 35.4 Å². The molecule has 1 aromatic carbocycles. The lowest BCUT2D eigenvalue weighted by molar-refractivity contribution is -0.0606. The SMILES string of the molecule is CCCCc1ccc(C(O)(CC(F)F)C(C)C)cc1. The first kappa shape index (κ1) is 16.1. The van der Waals surface area contributed by atoms with Crippen molar-refractivity contribution in [1.29, 1.82) is 0 Å². The number of hydrogen-bond donors (Lipinski definition) is 1. The average molecular weight is 270 g/mol. The highest BCUT2D eigenvalue weighted by Gasteiger charge is 2.36. The first-order chi connectivity index (χ1) is 8.90. The fourth-order valence-electron chi connectivity index (χ4n) is 2.26. The molecule has 0 spiro atoms. The molecule has 1 N–H and O–H groups in total. The number of aryl methyl sites for hydroxylation is 1. The predicted molar refractivity (Wildman–Crippen MR) is 74.4 cm³/mol. The maximum atomic E-state index is 12.7. The molecule has 108 valence electrons. The third kappa shape index (κ3) is 4.27. The van der Waals surface area contributed by atoms with Crippen molar-refractivity contribution in [2.24, 2.45) is 5.92 Å². The number of hydrogen-bond acceptors (Lipinski definition) is 1. The van der Waals surface area contributed by atoms with Gasteiger partial charge in [0, 0.05) is 6.42 Å². The Kier molecular flexibility index (Phi) is 5.92. The molecule has 1 unspecified atom stereocenters. The molecule has 1 aromatic rings. The minimum atomic E-state index is -2.51. The van der Waals surface area contributed by atoms with Gasteiger partial charge in [-0.2, -0.15) is 0 Å². The topological polar surface area (TPSA) is 20.2 Å². The molecule has 0 radical (unpaired) electrons. The largest absolute Gasteiger partial charge is 0.385 e. The summed E-state index contributed by atoms with van der Waals surface area (Å²) < 4.78 is 25.3. The number of rotatable bonds is 7. The first-order valence-corrected chi connectivity index (χ1v) is 7.00. The molecule has 0 saturated heterocycles. The third-order valence-corrected chi connectivity index (χ3v) is 3.69. The second-order valence-electron chi connectivity index (χ2n) is 5.47. The van der Waals surface area contributed by atoms with E-state index in [4.69, 9.17) is 0 Å². The molecular weight excluding hydrogens is 246 g/mol. The van der Waals surface area contributed by atoms with E-state index in [-0.39, 0.29) is 5.92 Å². The van der Waals surface area contributed by atoms with E-state index in [1.165, 1.54) is 5.56 Å². The van der Waals surface area contributed by atoms with Gasteiger partial charge in [-0.05, 0) is 29.9 Å². The van der Waals surface area contributed by atoms with Crippen LogP contribution in [0.15, 0.2) is 24.3 Å². The van der Waals surface area contributed by atoms with E-state index >= 15 is 0 Å². The fourth-order valence-corrected chi connectivity index (χ4v) is 2.26. The van der Waals surface area contributed by atoms with Crippen molar-refractivity contribution in [3.63, 3.8) is 0 Å². The minimum absolute atomic E-state index is 0.247. The maximum absolute atomic E-state index is 12.7. The summed E-state index contributed by atoms with van der Waals surface area (Å²) in [7, 11) is 0. The summed E-state index contributed by atoms with van der Waals surface area (Å²) >= 11 is 0. The van der Waals surface area contributed by atoms with E-state index in [9.17, 15) is 13.9 Å². The summed E-state index contributed by atoms with van der Waals surface area (Å²) in [5, 5.41) is 10.5. The Morgan fingerprint density at radius 2 is 1.74 bits per heavy atom. The van der Waals surface area contributed by atoms with Gasteiger partial charge < -0.3 is 5.11 Å². The zero-order valence-corrected chi connectivity index (χ0v) is 12.0. The Labute approximate surface area is 114 Å². The molecule has 19 heavy (non-hydrogen) atoms. The van der Waals surface area contributed by atoms with Crippen LogP contribution >= 0.6 is 0 Å². The van der Waals surface area contributed by atoms with E-state index in [2.05, 4.69) is 6.92 Å². The molecule has 0 heterocycles. The number of halogens is 2. The van der Waals surface area contributed by atoms with Crippen LogP contribution in [0.3, 0.4) is 0 Å². The van der Waals surface area contributed by atoms with Gasteiger partial charge in [0.15, 0.2) is 0 Å². The standard InChI is InChI=1S/C16H24F2O/c1-4-5-6-13-7-9-14(10-8-13)16(19,12(2)3)11-15(17)18/h7-10,12,15,19H,4-6,11H2,1-3H3. The summed E-state index contributed by atoms with van der Waals surface area (Å²) in [6.45, 7) is 5.68. The molecule has 0 saturated carbocycles. The van der Waals surface area contributed by atoms with Crippen LogP contribution in [-0.2, 0) is 12.0 Å². The number of alkyl halides is 2. The molecule has 0 aliphatic carbocycles. The number of benzene rings is 1. The minimum Gasteiger partial charge on any atom is -0.385 e. The van der Waals surface area contributed by atoms with Crippen LogP contribution in [0.5, 0.6) is 0 Å². The Balaban J connectivity index is 2.91. The van der Waals surface area contributed by atoms with Crippen molar-refractivity contribution >= 4 is 0 Å². The normalized spacial score (nSPS) is 14.9. The molecule has 0 fully saturated rings. The molecule has 0 bridgehead atoms. The molecular formula is C16H24F2O. The molecule has 0 aliphatic rings. The van der Waals surface area contributed by atoms with Crippen LogP contribution in [0.1, 0.15) is 51.2 Å². The molecule has 0 aromatic heterocycles. The molecule has 1 rings (SSSR count). The van der Waals surface area contributed by atoms with Gasteiger partial charge in [0.2, 0.25) is 6.43 Å². The lowest BCUT2D eigenvalue weighted by Gasteiger charge is -2.32. The van der Waals surface area contributed by atoms with E-state index < -0.39 is 18.4 Å². The van der Waals surface area contributed by atoms with Gasteiger partial charge in [0.05, 0.1) is 5.60 Å². The summed E-state index contributed by atoms with van der Waals surface area (Å²) in [6.07, 6.45) is 0.214. The van der Waals surface area contributed by atoms with E-state index in [1.54, 1.807) is 26.0 Å². The number of unbranched alkanes of at least 4 members (excludes halogenated alkanes) is 1. The average Bonchev–Trinajstić information content (AvgIpc) is 2.35. The monoisotopic (exact) mass is 270 g/mol. The smallest absolute Gasteiger partial charge is 0.241 e. The lowest BCUT2D eigenvalue weighted by Crippen LogP contribution is -2.34. The Morgan fingerprint density at radius 1 is 1.16 bits per heavy atom. The van der Waals surface area contributed by atoms with Crippen LogP contribution in [-0.4, -0.2) is 11.5 Å². The van der Waals surface area contributed by atoms with Crippen molar-refractivity contribution in [1.82, 2.24) is 0 Å². The fraction of sp³-hybridized carbons (Fsp3) is 0.625. The maximum Gasteiger partial charge on any atom is 0.241 e. The van der Waals surface area contributed by atoms with Crippen molar-refractivity contribution in [2.45, 2.75) is 58.5 Å².